The summed E-state index contributed by atoms with van der Waals surface area (Å²) in [6.45, 7) is 3.89. The molecule has 0 heterocycles. The fourth-order valence-electron chi connectivity index (χ4n) is 3.00. The molecule has 0 unspecified atom stereocenters. The Kier molecular flexibility index (Phi) is 8.05. The number of hydrogen-bond acceptors (Lipinski definition) is 3. The molecule has 0 spiro atoms. The van der Waals surface area contributed by atoms with Crippen molar-refractivity contribution in [3.05, 3.63) is 94.0 Å². The zero-order valence-corrected chi connectivity index (χ0v) is 17.5. The lowest BCUT2D eigenvalue weighted by Crippen LogP contribution is -2.17. The molecule has 3 aromatic carbocycles. The predicted octanol–water partition coefficient (Wildman–Crippen LogP) is 5.93. The third-order valence-electron chi connectivity index (χ3n) is 4.56. The highest BCUT2D eigenvalue weighted by Crippen LogP contribution is 2.30. The van der Waals surface area contributed by atoms with Gasteiger partial charge in [0.15, 0.2) is 11.5 Å². The maximum Gasteiger partial charge on any atom is 0.161 e. The van der Waals surface area contributed by atoms with E-state index in [-0.39, 0.29) is 18.2 Å². The summed E-state index contributed by atoms with van der Waals surface area (Å²) < 4.78 is 38.4. The molecule has 0 amide bonds. The molecule has 3 nitrogen and oxygen atoms in total. The van der Waals surface area contributed by atoms with Crippen molar-refractivity contribution in [2.24, 2.45) is 0 Å². The van der Waals surface area contributed by atoms with Crippen molar-refractivity contribution in [3.63, 3.8) is 0 Å². The topological polar surface area (TPSA) is 30.5 Å². The smallest absolute Gasteiger partial charge is 0.161 e. The van der Waals surface area contributed by atoms with Crippen LogP contribution in [-0.4, -0.2) is 13.2 Å². The molecule has 0 aromatic heterocycles. The predicted molar refractivity (Wildman–Crippen MR) is 115 cm³/mol. The highest BCUT2D eigenvalue weighted by atomic mass is 35.5. The third-order valence-corrected chi connectivity index (χ3v) is 4.92. The first-order chi connectivity index (χ1) is 14.6. The second kappa shape index (κ2) is 11.0. The van der Waals surface area contributed by atoms with Crippen molar-refractivity contribution in [1.29, 1.82) is 0 Å². The van der Waals surface area contributed by atoms with E-state index in [0.717, 1.165) is 5.56 Å². The van der Waals surface area contributed by atoms with E-state index >= 15 is 0 Å². The molecule has 0 fully saturated rings. The average molecular weight is 432 g/mol. The highest BCUT2D eigenvalue weighted by Gasteiger charge is 2.09. The maximum absolute atomic E-state index is 13.7. The normalized spacial score (nSPS) is 10.8. The van der Waals surface area contributed by atoms with Crippen LogP contribution in [0, 0.1) is 11.6 Å². The Bertz CT molecular complexity index is 981. The molecule has 0 aliphatic heterocycles. The SMILES string of the molecule is CCOc1cc(CNCCc2ccccc2F)ccc1OCc1ccc(F)cc1Cl. The summed E-state index contributed by atoms with van der Waals surface area (Å²) in [4.78, 5) is 0. The molecular weight excluding hydrogens is 408 g/mol. The summed E-state index contributed by atoms with van der Waals surface area (Å²) in [5, 5.41) is 3.64. The first-order valence-corrected chi connectivity index (χ1v) is 10.2. The number of ether oxygens (including phenoxy) is 2. The minimum Gasteiger partial charge on any atom is -0.490 e. The van der Waals surface area contributed by atoms with Crippen LogP contribution in [0.15, 0.2) is 60.7 Å². The van der Waals surface area contributed by atoms with E-state index in [0.29, 0.717) is 53.8 Å². The van der Waals surface area contributed by atoms with Crippen LogP contribution in [0.2, 0.25) is 5.02 Å². The van der Waals surface area contributed by atoms with Gasteiger partial charge in [-0.3, -0.25) is 0 Å². The molecule has 3 aromatic rings. The summed E-state index contributed by atoms with van der Waals surface area (Å²) >= 11 is 6.06. The van der Waals surface area contributed by atoms with Crippen molar-refractivity contribution < 1.29 is 18.3 Å². The number of nitrogens with one attached hydrogen (secondary N) is 1. The molecule has 1 N–H and O–H groups in total. The van der Waals surface area contributed by atoms with Crippen LogP contribution in [0.5, 0.6) is 11.5 Å². The summed E-state index contributed by atoms with van der Waals surface area (Å²) in [5.74, 6) is 0.655. The number of rotatable bonds is 10. The Balaban J connectivity index is 1.58. The molecule has 0 aliphatic carbocycles. The van der Waals surface area contributed by atoms with Crippen LogP contribution < -0.4 is 14.8 Å². The van der Waals surface area contributed by atoms with Crippen molar-refractivity contribution >= 4 is 11.6 Å². The molecule has 0 saturated carbocycles. The van der Waals surface area contributed by atoms with Crippen LogP contribution in [0.1, 0.15) is 23.6 Å². The molecule has 0 atom stereocenters. The lowest BCUT2D eigenvalue weighted by Gasteiger charge is -2.14. The van der Waals surface area contributed by atoms with Gasteiger partial charge in [-0.25, -0.2) is 8.78 Å². The van der Waals surface area contributed by atoms with Gasteiger partial charge >= 0.3 is 0 Å². The van der Waals surface area contributed by atoms with E-state index in [1.165, 1.54) is 18.2 Å². The van der Waals surface area contributed by atoms with E-state index < -0.39 is 0 Å². The summed E-state index contributed by atoms with van der Waals surface area (Å²) in [6, 6.07) is 16.7. The van der Waals surface area contributed by atoms with Gasteiger partial charge in [0.05, 0.1) is 11.6 Å². The monoisotopic (exact) mass is 431 g/mol. The van der Waals surface area contributed by atoms with Crippen LogP contribution in [0.25, 0.3) is 0 Å². The van der Waals surface area contributed by atoms with Gasteiger partial charge in [0.25, 0.3) is 0 Å². The second-order valence-corrected chi connectivity index (χ2v) is 7.16. The zero-order chi connectivity index (χ0) is 21.3. The van der Waals surface area contributed by atoms with Crippen LogP contribution in [-0.2, 0) is 19.6 Å². The Hall–Kier alpha value is -2.63. The van der Waals surface area contributed by atoms with Gasteiger partial charge < -0.3 is 14.8 Å². The Morgan fingerprint density at radius 2 is 1.73 bits per heavy atom. The second-order valence-electron chi connectivity index (χ2n) is 6.76. The quantitative estimate of drug-likeness (QED) is 0.404. The molecule has 3 rings (SSSR count). The molecule has 0 aliphatic rings. The molecule has 0 bridgehead atoms. The first kappa shape index (κ1) is 22.1. The Morgan fingerprint density at radius 3 is 2.50 bits per heavy atom. The minimum atomic E-state index is -0.384. The van der Waals surface area contributed by atoms with Crippen molar-refractivity contribution in [2.75, 3.05) is 13.2 Å². The van der Waals surface area contributed by atoms with Crippen LogP contribution in [0.4, 0.5) is 8.78 Å². The summed E-state index contributed by atoms with van der Waals surface area (Å²) in [5.41, 5.74) is 2.42. The van der Waals surface area contributed by atoms with E-state index in [4.69, 9.17) is 21.1 Å². The summed E-state index contributed by atoms with van der Waals surface area (Å²) in [6.07, 6.45) is 0.616. The minimum absolute atomic E-state index is 0.180. The van der Waals surface area contributed by atoms with Gasteiger partial charge in [0.2, 0.25) is 0 Å². The van der Waals surface area contributed by atoms with Crippen LogP contribution in [0.3, 0.4) is 0 Å². The summed E-state index contributed by atoms with van der Waals surface area (Å²) in [7, 11) is 0. The van der Waals surface area contributed by atoms with Gasteiger partial charge in [0.1, 0.15) is 18.2 Å². The fourth-order valence-corrected chi connectivity index (χ4v) is 3.22. The average Bonchev–Trinajstić information content (AvgIpc) is 2.73. The van der Waals surface area contributed by atoms with Gasteiger partial charge in [-0.1, -0.05) is 41.9 Å². The molecule has 0 radical (unpaired) electrons. The molecule has 0 saturated heterocycles. The van der Waals surface area contributed by atoms with Crippen molar-refractivity contribution in [2.45, 2.75) is 26.5 Å². The van der Waals surface area contributed by atoms with Crippen molar-refractivity contribution in [1.82, 2.24) is 5.32 Å². The van der Waals surface area contributed by atoms with Crippen LogP contribution >= 0.6 is 11.6 Å². The zero-order valence-electron chi connectivity index (χ0n) is 16.8. The lowest BCUT2D eigenvalue weighted by atomic mass is 10.1. The highest BCUT2D eigenvalue weighted by molar-refractivity contribution is 6.31. The van der Waals surface area contributed by atoms with E-state index in [1.54, 1.807) is 18.2 Å². The standard InChI is InChI=1S/C24H24ClF2NO2/c1-2-29-24-13-17(15-28-12-11-18-5-3-4-6-22(18)27)7-10-23(24)30-16-19-8-9-20(26)14-21(19)25/h3-10,13-14,28H,2,11-12,15-16H2,1H3. The van der Waals surface area contributed by atoms with E-state index in [2.05, 4.69) is 5.32 Å². The van der Waals surface area contributed by atoms with Crippen molar-refractivity contribution in [3.8, 4) is 11.5 Å². The molecular formula is C24H24ClF2NO2. The maximum atomic E-state index is 13.7. The Labute approximate surface area is 180 Å². The molecule has 6 heteroatoms. The van der Waals surface area contributed by atoms with Gasteiger partial charge in [-0.15, -0.1) is 0 Å². The largest absolute Gasteiger partial charge is 0.490 e. The van der Waals surface area contributed by atoms with Gasteiger partial charge in [-0.05, 0) is 61.3 Å². The van der Waals surface area contributed by atoms with Gasteiger partial charge in [-0.2, -0.15) is 0 Å². The van der Waals surface area contributed by atoms with E-state index in [1.807, 2.05) is 31.2 Å². The van der Waals surface area contributed by atoms with Gasteiger partial charge in [0, 0.05) is 12.1 Å². The first-order valence-electron chi connectivity index (χ1n) is 9.83. The number of hydrogen-bond donors (Lipinski definition) is 1. The lowest BCUT2D eigenvalue weighted by molar-refractivity contribution is 0.269. The Morgan fingerprint density at radius 1 is 0.900 bits per heavy atom. The fraction of sp³-hybridized carbons (Fsp3) is 0.250. The molecule has 30 heavy (non-hydrogen) atoms. The number of benzene rings is 3. The number of halogens is 3. The van der Waals surface area contributed by atoms with E-state index in [9.17, 15) is 8.78 Å². The molecule has 158 valence electrons. The third kappa shape index (κ3) is 6.18.